The highest BCUT2D eigenvalue weighted by Crippen LogP contribution is 2.36. The van der Waals surface area contributed by atoms with E-state index in [-0.39, 0.29) is 24.4 Å². The molecule has 1 aromatic heterocycles. The van der Waals surface area contributed by atoms with Crippen molar-refractivity contribution in [3.05, 3.63) is 101 Å². The molecule has 0 unspecified atom stereocenters. The molecule has 1 saturated heterocycles. The van der Waals surface area contributed by atoms with Crippen LogP contribution in [0.4, 0.5) is 18.9 Å². The average Bonchev–Trinajstić information content (AvgIpc) is 3.54. The largest absolute Gasteiger partial charge is 0.416 e. The number of aliphatic hydroxyl groups excluding tert-OH is 1. The lowest BCUT2D eigenvalue weighted by Gasteiger charge is -2.36. The van der Waals surface area contributed by atoms with Crippen LogP contribution in [0.3, 0.4) is 0 Å². The molecule has 45 heavy (non-hydrogen) atoms. The lowest BCUT2D eigenvalue weighted by Crippen LogP contribution is -2.55. The number of aromatic nitrogens is 1. The lowest BCUT2D eigenvalue weighted by atomic mass is 9.85. The van der Waals surface area contributed by atoms with E-state index in [4.69, 9.17) is 0 Å². The number of sulfonamides is 1. The molecule has 4 aromatic rings. The van der Waals surface area contributed by atoms with Gasteiger partial charge in [-0.3, -0.25) is 9.10 Å². The van der Waals surface area contributed by atoms with E-state index in [1.54, 1.807) is 49.4 Å². The second-order valence-electron chi connectivity index (χ2n) is 11.6. The van der Waals surface area contributed by atoms with Crippen LogP contribution in [0.15, 0.2) is 72.9 Å². The molecular formula is C33H37F3N4O4S. The number of aryl methyl sites for hydroxylation is 2. The number of benzene rings is 3. The van der Waals surface area contributed by atoms with Crippen LogP contribution in [0, 0.1) is 0 Å². The molecule has 1 aliphatic heterocycles. The summed E-state index contributed by atoms with van der Waals surface area (Å²) in [5.41, 5.74) is 1.29. The Hall–Kier alpha value is -3.87. The van der Waals surface area contributed by atoms with Crippen LogP contribution < -0.4 is 14.9 Å². The molecule has 240 valence electrons. The second-order valence-corrected chi connectivity index (χ2v) is 13.6. The van der Waals surface area contributed by atoms with Crippen LogP contribution in [-0.2, 0) is 41.8 Å². The van der Waals surface area contributed by atoms with Crippen molar-refractivity contribution in [3.8, 4) is 0 Å². The number of hydrogen-bond donors (Lipinski definition) is 3. The zero-order chi connectivity index (χ0) is 32.6. The van der Waals surface area contributed by atoms with Crippen LogP contribution in [0.25, 0.3) is 10.9 Å². The van der Waals surface area contributed by atoms with Gasteiger partial charge in [0.1, 0.15) is 0 Å². The number of nitrogens with zero attached hydrogens (tertiary/aromatic N) is 2. The van der Waals surface area contributed by atoms with E-state index in [0.29, 0.717) is 36.2 Å². The number of carbonyl (C=O) groups is 1. The molecule has 0 bridgehead atoms. The lowest BCUT2D eigenvalue weighted by molar-refractivity contribution is -0.137. The number of halogens is 3. The fourth-order valence-electron chi connectivity index (χ4n) is 5.97. The molecule has 3 N–H and O–H groups in total. The van der Waals surface area contributed by atoms with Crippen molar-refractivity contribution < 1.29 is 31.5 Å². The van der Waals surface area contributed by atoms with Crippen LogP contribution in [0.1, 0.15) is 52.9 Å². The molecule has 0 aliphatic carbocycles. The second kappa shape index (κ2) is 12.5. The summed E-state index contributed by atoms with van der Waals surface area (Å²) in [5.74, 6) is -0.481. The van der Waals surface area contributed by atoms with Gasteiger partial charge in [-0.1, -0.05) is 55.5 Å². The van der Waals surface area contributed by atoms with Gasteiger partial charge in [-0.2, -0.15) is 13.2 Å². The molecule has 1 amide bonds. The Labute approximate surface area is 260 Å². The summed E-state index contributed by atoms with van der Waals surface area (Å²) < 4.78 is 68.7. The number of carbonyl (C=O) groups excluding carboxylic acids is 1. The summed E-state index contributed by atoms with van der Waals surface area (Å²) in [6, 6.07) is 17.2. The molecule has 8 nitrogen and oxygen atoms in total. The number of anilines is 1. The van der Waals surface area contributed by atoms with Gasteiger partial charge in [0.05, 0.1) is 34.2 Å². The van der Waals surface area contributed by atoms with Gasteiger partial charge in [0.25, 0.3) is 5.91 Å². The first-order valence-electron chi connectivity index (χ1n) is 14.8. The molecule has 5 rings (SSSR count). The average molecular weight is 643 g/mol. The standard InChI is InChI=1S/C33H37F3N4O4S/c1-4-23-21-39(3)30-27(23)17-24(18-28(30)40-14-9-15-45(40,43)44)31(42)38-32(2,25-11-6-5-7-12-25)29(41)20-37-19-22-10-8-13-26(16-22)33(34,35)36/h5-8,10-13,16-18,21,29,37,41H,4,9,14-15,19-20H2,1-3H3,(H,38,42)/t29-,32+/m1/s1. The van der Waals surface area contributed by atoms with Crippen molar-refractivity contribution in [2.75, 3.05) is 23.1 Å². The minimum atomic E-state index is -4.47. The topological polar surface area (TPSA) is 104 Å². The molecule has 3 aromatic carbocycles. The SMILES string of the molecule is CCc1cn(C)c2c(N3CCCS3(=O)=O)cc(C(=O)N[C@@](C)(c3ccccc3)[C@H](O)CNCc3cccc(C(F)(F)F)c3)cc12. The molecule has 2 heterocycles. The van der Waals surface area contributed by atoms with Crippen LogP contribution in [-0.4, -0.2) is 48.9 Å². The van der Waals surface area contributed by atoms with Gasteiger partial charge < -0.3 is 20.3 Å². The minimum Gasteiger partial charge on any atom is -0.389 e. The zero-order valence-electron chi connectivity index (χ0n) is 25.4. The number of hydrogen-bond acceptors (Lipinski definition) is 5. The van der Waals surface area contributed by atoms with Crippen molar-refractivity contribution in [1.82, 2.24) is 15.2 Å². The first-order chi connectivity index (χ1) is 21.2. The van der Waals surface area contributed by atoms with Crippen molar-refractivity contribution in [2.45, 2.75) is 51.1 Å². The summed E-state index contributed by atoms with van der Waals surface area (Å²) in [6.45, 7) is 4.01. The first-order valence-corrected chi connectivity index (χ1v) is 16.4. The molecular weight excluding hydrogens is 605 g/mol. The van der Waals surface area contributed by atoms with Gasteiger partial charge in [0, 0.05) is 43.8 Å². The Balaban J connectivity index is 1.45. The maximum absolute atomic E-state index is 14.0. The fraction of sp³-hybridized carbons (Fsp3) is 0.364. The van der Waals surface area contributed by atoms with E-state index in [0.717, 1.165) is 28.6 Å². The zero-order valence-corrected chi connectivity index (χ0v) is 26.2. The van der Waals surface area contributed by atoms with E-state index < -0.39 is 39.3 Å². The van der Waals surface area contributed by atoms with Gasteiger partial charge in [-0.15, -0.1) is 0 Å². The Morgan fingerprint density at radius 3 is 2.40 bits per heavy atom. The molecule has 0 radical (unpaired) electrons. The van der Waals surface area contributed by atoms with Crippen molar-refractivity contribution in [1.29, 1.82) is 0 Å². The third-order valence-electron chi connectivity index (χ3n) is 8.48. The molecule has 12 heteroatoms. The van der Waals surface area contributed by atoms with Gasteiger partial charge in [-0.25, -0.2) is 8.42 Å². The number of alkyl halides is 3. The van der Waals surface area contributed by atoms with Crippen LogP contribution in [0.2, 0.25) is 0 Å². The Kier molecular flexibility index (Phi) is 9.03. The van der Waals surface area contributed by atoms with E-state index in [1.807, 2.05) is 30.8 Å². The smallest absolute Gasteiger partial charge is 0.389 e. The molecule has 1 fully saturated rings. The Morgan fingerprint density at radius 2 is 1.76 bits per heavy atom. The van der Waals surface area contributed by atoms with Gasteiger partial charge in [0.2, 0.25) is 10.0 Å². The number of nitrogens with one attached hydrogen (secondary N) is 2. The monoisotopic (exact) mass is 642 g/mol. The van der Waals surface area contributed by atoms with Crippen molar-refractivity contribution in [2.24, 2.45) is 7.05 Å². The third kappa shape index (κ3) is 6.58. The Morgan fingerprint density at radius 1 is 1.04 bits per heavy atom. The summed E-state index contributed by atoms with van der Waals surface area (Å²) in [6.07, 6.45) is -2.57. The van der Waals surface area contributed by atoms with E-state index in [9.17, 15) is 31.5 Å². The summed E-state index contributed by atoms with van der Waals surface area (Å²) in [4.78, 5) is 14.0. The van der Waals surface area contributed by atoms with Crippen LogP contribution in [0.5, 0.6) is 0 Å². The van der Waals surface area contributed by atoms with Crippen molar-refractivity contribution in [3.63, 3.8) is 0 Å². The molecule has 2 atom stereocenters. The third-order valence-corrected chi connectivity index (χ3v) is 10.3. The number of amides is 1. The number of rotatable bonds is 10. The highest BCUT2D eigenvalue weighted by molar-refractivity contribution is 7.93. The van der Waals surface area contributed by atoms with E-state index >= 15 is 0 Å². The summed E-state index contributed by atoms with van der Waals surface area (Å²) in [5, 5.41) is 18.3. The Bertz CT molecular complexity index is 1810. The maximum Gasteiger partial charge on any atom is 0.416 e. The predicted octanol–water partition coefficient (Wildman–Crippen LogP) is 5.10. The fourth-order valence-corrected chi connectivity index (χ4v) is 7.53. The summed E-state index contributed by atoms with van der Waals surface area (Å²) >= 11 is 0. The van der Waals surface area contributed by atoms with Gasteiger partial charge >= 0.3 is 6.18 Å². The molecule has 1 aliphatic rings. The highest BCUT2D eigenvalue weighted by Gasteiger charge is 2.38. The van der Waals surface area contributed by atoms with E-state index in [2.05, 4.69) is 10.6 Å². The predicted molar refractivity (Wildman–Crippen MR) is 168 cm³/mol. The quantitative estimate of drug-likeness (QED) is 0.224. The van der Waals surface area contributed by atoms with Gasteiger partial charge in [-0.05, 0) is 54.7 Å². The maximum atomic E-state index is 14.0. The highest BCUT2D eigenvalue weighted by atomic mass is 32.2. The van der Waals surface area contributed by atoms with Crippen molar-refractivity contribution >= 4 is 32.5 Å². The molecule has 0 spiro atoms. The number of aliphatic hydroxyl groups is 1. The summed E-state index contributed by atoms with van der Waals surface area (Å²) in [7, 11) is -1.70. The molecule has 0 saturated carbocycles. The number of fused-ring (bicyclic) bond motifs is 1. The van der Waals surface area contributed by atoms with Gasteiger partial charge in [0.15, 0.2) is 0 Å². The minimum absolute atomic E-state index is 0.0295. The van der Waals surface area contributed by atoms with Crippen LogP contribution >= 0.6 is 0 Å². The first kappa shape index (κ1) is 32.5. The normalized spacial score (nSPS) is 16.9. The van der Waals surface area contributed by atoms with E-state index in [1.165, 1.54) is 10.4 Å².